The van der Waals surface area contributed by atoms with Gasteiger partial charge in [-0.3, -0.25) is 4.79 Å². The summed E-state index contributed by atoms with van der Waals surface area (Å²) in [7, 11) is 4.11. The second kappa shape index (κ2) is 15.2. The molecule has 41 heavy (non-hydrogen) atoms. The molecule has 0 radical (unpaired) electrons. The summed E-state index contributed by atoms with van der Waals surface area (Å²) in [6.07, 6.45) is 0.283. The van der Waals surface area contributed by atoms with Gasteiger partial charge in [0.15, 0.2) is 0 Å². The fourth-order valence-electron chi connectivity index (χ4n) is 4.15. The number of likely N-dealkylation sites (N-methyl/N-ethyl adjacent to an activating group) is 1. The van der Waals surface area contributed by atoms with Crippen LogP contribution >= 0.6 is 0 Å². The van der Waals surface area contributed by atoms with E-state index in [1.165, 1.54) is 5.56 Å². The Morgan fingerprint density at radius 2 is 1.29 bits per heavy atom. The van der Waals surface area contributed by atoms with Crippen LogP contribution in [0.1, 0.15) is 33.9 Å². The van der Waals surface area contributed by atoms with Gasteiger partial charge in [-0.25, -0.2) is 4.79 Å². The second-order valence-corrected chi connectivity index (χ2v) is 10.1. The number of amides is 2. The molecule has 0 heterocycles. The van der Waals surface area contributed by atoms with Crippen LogP contribution in [0.25, 0.3) is 0 Å². The van der Waals surface area contributed by atoms with Crippen molar-refractivity contribution in [1.29, 1.82) is 0 Å². The molecule has 0 aliphatic rings. The standard InChI is InChI=1S/C34H37N3O4/c1-37(2)22-21-26-13-15-27(16-14-26)23-35-33(38)32(36-34(39)41-25-29-11-7-4-8-12-29)30-17-19-31(20-18-30)40-24-28-9-5-3-6-10-28/h3-20,32H,21-25H2,1-2H3,(H,35,38)(H,36,39)/t32-/m0/s1. The van der Waals surface area contributed by atoms with Gasteiger partial charge < -0.3 is 25.0 Å². The first kappa shape index (κ1) is 29.4. The van der Waals surface area contributed by atoms with E-state index in [-0.39, 0.29) is 12.5 Å². The molecular formula is C34H37N3O4. The van der Waals surface area contributed by atoms with E-state index in [4.69, 9.17) is 9.47 Å². The lowest BCUT2D eigenvalue weighted by molar-refractivity contribution is -0.123. The first-order valence-corrected chi connectivity index (χ1v) is 13.7. The summed E-state index contributed by atoms with van der Waals surface area (Å²) in [5.41, 5.74) is 4.75. The molecule has 0 aliphatic heterocycles. The minimum atomic E-state index is -0.944. The molecule has 4 aromatic rings. The van der Waals surface area contributed by atoms with E-state index in [0.717, 1.165) is 29.7 Å². The van der Waals surface area contributed by atoms with Gasteiger partial charge in [0.05, 0.1) is 0 Å². The van der Waals surface area contributed by atoms with Crippen LogP contribution < -0.4 is 15.4 Å². The Labute approximate surface area is 242 Å². The van der Waals surface area contributed by atoms with Crippen LogP contribution in [0.4, 0.5) is 4.79 Å². The van der Waals surface area contributed by atoms with Crippen molar-refractivity contribution in [2.75, 3.05) is 20.6 Å². The van der Waals surface area contributed by atoms with Crippen molar-refractivity contribution in [2.24, 2.45) is 0 Å². The lowest BCUT2D eigenvalue weighted by Crippen LogP contribution is -2.40. The van der Waals surface area contributed by atoms with Gasteiger partial charge >= 0.3 is 6.09 Å². The first-order chi connectivity index (χ1) is 20.0. The second-order valence-electron chi connectivity index (χ2n) is 10.1. The molecule has 212 valence electrons. The SMILES string of the molecule is CN(C)CCc1ccc(CNC(=O)[C@@H](NC(=O)OCc2ccccc2)c2ccc(OCc3ccccc3)cc2)cc1. The Bertz CT molecular complexity index is 1360. The van der Waals surface area contributed by atoms with Crippen LogP contribution in [-0.2, 0) is 35.7 Å². The highest BCUT2D eigenvalue weighted by Crippen LogP contribution is 2.20. The molecule has 0 spiro atoms. The Morgan fingerprint density at radius 3 is 1.90 bits per heavy atom. The molecule has 0 unspecified atom stereocenters. The smallest absolute Gasteiger partial charge is 0.408 e. The van der Waals surface area contributed by atoms with Gasteiger partial charge in [-0.05, 0) is 60.5 Å². The minimum absolute atomic E-state index is 0.105. The number of carbonyl (C=O) groups excluding carboxylic acids is 2. The minimum Gasteiger partial charge on any atom is -0.489 e. The summed E-state index contributed by atoms with van der Waals surface area (Å²) in [5, 5.41) is 5.69. The maximum absolute atomic E-state index is 13.3. The van der Waals surface area contributed by atoms with Gasteiger partial charge in [0.1, 0.15) is 25.0 Å². The van der Waals surface area contributed by atoms with E-state index in [9.17, 15) is 9.59 Å². The molecule has 0 aromatic heterocycles. The van der Waals surface area contributed by atoms with Gasteiger partial charge in [-0.2, -0.15) is 0 Å². The van der Waals surface area contributed by atoms with Crippen molar-refractivity contribution >= 4 is 12.0 Å². The van der Waals surface area contributed by atoms with Crippen LogP contribution in [-0.4, -0.2) is 37.5 Å². The van der Waals surface area contributed by atoms with E-state index >= 15 is 0 Å². The van der Waals surface area contributed by atoms with E-state index in [0.29, 0.717) is 24.5 Å². The number of carbonyl (C=O) groups is 2. The predicted molar refractivity (Wildman–Crippen MR) is 160 cm³/mol. The number of benzene rings is 4. The highest BCUT2D eigenvalue weighted by atomic mass is 16.5. The normalized spacial score (nSPS) is 11.5. The summed E-state index contributed by atoms with van der Waals surface area (Å²) in [6.45, 7) is 1.84. The zero-order valence-corrected chi connectivity index (χ0v) is 23.6. The molecule has 0 aliphatic carbocycles. The number of ether oxygens (including phenoxy) is 2. The van der Waals surface area contributed by atoms with Crippen molar-refractivity contribution in [3.05, 3.63) is 137 Å². The van der Waals surface area contributed by atoms with Crippen molar-refractivity contribution in [1.82, 2.24) is 15.5 Å². The molecule has 2 amide bonds. The van der Waals surface area contributed by atoms with E-state index < -0.39 is 12.1 Å². The Balaban J connectivity index is 1.40. The number of alkyl carbamates (subject to hydrolysis) is 1. The quantitative estimate of drug-likeness (QED) is 0.224. The van der Waals surface area contributed by atoms with Crippen LogP contribution in [0, 0.1) is 0 Å². The van der Waals surface area contributed by atoms with Crippen LogP contribution in [0.3, 0.4) is 0 Å². The molecule has 0 saturated carbocycles. The van der Waals surface area contributed by atoms with Gasteiger partial charge in [0, 0.05) is 13.1 Å². The summed E-state index contributed by atoms with van der Waals surface area (Å²) in [4.78, 5) is 28.2. The fraction of sp³-hybridized carbons (Fsp3) is 0.235. The molecule has 0 fully saturated rings. The van der Waals surface area contributed by atoms with E-state index in [1.54, 1.807) is 24.3 Å². The third kappa shape index (κ3) is 9.81. The van der Waals surface area contributed by atoms with Gasteiger partial charge in [-0.1, -0.05) is 97.1 Å². The average molecular weight is 552 g/mol. The first-order valence-electron chi connectivity index (χ1n) is 13.7. The van der Waals surface area contributed by atoms with E-state index in [1.807, 2.05) is 72.8 Å². The van der Waals surface area contributed by atoms with Crippen LogP contribution in [0.15, 0.2) is 109 Å². The fourth-order valence-corrected chi connectivity index (χ4v) is 4.15. The van der Waals surface area contributed by atoms with E-state index in [2.05, 4.69) is 41.8 Å². The summed E-state index contributed by atoms with van der Waals surface area (Å²) < 4.78 is 11.3. The molecule has 0 bridgehead atoms. The average Bonchev–Trinajstić information content (AvgIpc) is 3.01. The molecule has 1 atom stereocenters. The topological polar surface area (TPSA) is 79.9 Å². The molecule has 4 aromatic carbocycles. The Morgan fingerprint density at radius 1 is 0.707 bits per heavy atom. The number of rotatable bonds is 13. The predicted octanol–water partition coefficient (Wildman–Crippen LogP) is 5.65. The molecule has 2 N–H and O–H groups in total. The third-order valence-electron chi connectivity index (χ3n) is 6.54. The highest BCUT2D eigenvalue weighted by Gasteiger charge is 2.23. The van der Waals surface area contributed by atoms with Crippen molar-refractivity contribution in [3.63, 3.8) is 0 Å². The van der Waals surface area contributed by atoms with Gasteiger partial charge in [-0.15, -0.1) is 0 Å². The lowest BCUT2D eigenvalue weighted by atomic mass is 10.1. The maximum Gasteiger partial charge on any atom is 0.408 e. The molecule has 4 rings (SSSR count). The number of nitrogens with one attached hydrogen (secondary N) is 2. The molecular weight excluding hydrogens is 514 g/mol. The molecule has 7 heteroatoms. The highest BCUT2D eigenvalue weighted by molar-refractivity contribution is 5.86. The summed E-state index contributed by atoms with van der Waals surface area (Å²) >= 11 is 0. The summed E-state index contributed by atoms with van der Waals surface area (Å²) in [6, 6.07) is 33.7. The zero-order chi connectivity index (χ0) is 28.9. The monoisotopic (exact) mass is 551 g/mol. The van der Waals surface area contributed by atoms with Crippen molar-refractivity contribution in [2.45, 2.75) is 32.2 Å². The van der Waals surface area contributed by atoms with Crippen LogP contribution in [0.2, 0.25) is 0 Å². The van der Waals surface area contributed by atoms with Crippen molar-refractivity contribution < 1.29 is 19.1 Å². The van der Waals surface area contributed by atoms with Crippen molar-refractivity contribution in [3.8, 4) is 5.75 Å². The van der Waals surface area contributed by atoms with Crippen LogP contribution in [0.5, 0.6) is 5.75 Å². The largest absolute Gasteiger partial charge is 0.489 e. The molecule has 0 saturated heterocycles. The Kier molecular flexibility index (Phi) is 10.9. The van der Waals surface area contributed by atoms with Gasteiger partial charge in [0.2, 0.25) is 5.91 Å². The van der Waals surface area contributed by atoms with Gasteiger partial charge in [0.25, 0.3) is 0 Å². The molecule has 7 nitrogen and oxygen atoms in total. The number of hydrogen-bond acceptors (Lipinski definition) is 5. The maximum atomic E-state index is 13.3. The number of nitrogens with zero attached hydrogens (tertiary/aromatic N) is 1. The zero-order valence-electron chi connectivity index (χ0n) is 23.6. The Hall–Kier alpha value is -4.62. The lowest BCUT2D eigenvalue weighted by Gasteiger charge is -2.19. The summed E-state index contributed by atoms with van der Waals surface area (Å²) in [5.74, 6) is 0.328. The third-order valence-corrected chi connectivity index (χ3v) is 6.54. The number of hydrogen-bond donors (Lipinski definition) is 2.